The molecule has 0 aliphatic carbocycles. The van der Waals surface area contributed by atoms with E-state index in [1.54, 1.807) is 6.07 Å². The van der Waals surface area contributed by atoms with Crippen molar-refractivity contribution < 1.29 is 23.4 Å². The minimum absolute atomic E-state index is 0.160. The molecule has 100 valence electrons. The molecule has 4 nitrogen and oxygen atoms in total. The van der Waals surface area contributed by atoms with Crippen LogP contribution in [0.3, 0.4) is 0 Å². The van der Waals surface area contributed by atoms with Crippen LogP contribution in [0.1, 0.15) is 11.1 Å². The van der Waals surface area contributed by atoms with Crippen molar-refractivity contribution in [3.8, 4) is 17.6 Å². The second-order valence-corrected chi connectivity index (χ2v) is 3.91. The van der Waals surface area contributed by atoms with Gasteiger partial charge in [-0.3, -0.25) is 0 Å². The molecule has 19 heavy (non-hydrogen) atoms. The highest BCUT2D eigenvalue weighted by Gasteiger charge is 2.35. The third-order valence-electron chi connectivity index (χ3n) is 2.11. The number of phenols is 2. The van der Waals surface area contributed by atoms with E-state index in [9.17, 15) is 18.3 Å². The molecule has 1 aromatic rings. The highest BCUT2D eigenvalue weighted by Crippen LogP contribution is 2.41. The molecule has 0 saturated carbocycles. The van der Waals surface area contributed by atoms with E-state index in [0.717, 1.165) is 12.1 Å². The van der Waals surface area contributed by atoms with Gasteiger partial charge in [-0.2, -0.15) is 18.4 Å². The van der Waals surface area contributed by atoms with Crippen LogP contribution in [0.4, 0.5) is 13.2 Å². The van der Waals surface area contributed by atoms with Crippen molar-refractivity contribution in [3.63, 3.8) is 0 Å². The lowest BCUT2D eigenvalue weighted by molar-refractivity contribution is -0.138. The van der Waals surface area contributed by atoms with Crippen molar-refractivity contribution in [2.24, 2.45) is 5.73 Å². The summed E-state index contributed by atoms with van der Waals surface area (Å²) in [6.07, 6.45) is -3.86. The molecule has 0 radical (unpaired) electrons. The quantitative estimate of drug-likeness (QED) is 0.336. The van der Waals surface area contributed by atoms with Gasteiger partial charge >= 0.3 is 6.18 Å². The molecule has 0 amide bonds. The van der Waals surface area contributed by atoms with Crippen LogP contribution in [-0.4, -0.2) is 15.2 Å². The molecular weight excluding hydrogens is 281 g/mol. The van der Waals surface area contributed by atoms with Crippen LogP contribution >= 0.6 is 12.2 Å². The second-order valence-electron chi connectivity index (χ2n) is 3.47. The second kappa shape index (κ2) is 5.16. The van der Waals surface area contributed by atoms with Gasteiger partial charge in [-0.05, 0) is 23.8 Å². The number of alkyl halides is 3. The molecule has 0 aromatic heterocycles. The molecule has 1 rings (SSSR count). The van der Waals surface area contributed by atoms with E-state index in [0.29, 0.717) is 6.07 Å². The molecule has 0 fully saturated rings. The molecule has 0 bridgehead atoms. The summed E-state index contributed by atoms with van der Waals surface area (Å²) in [5, 5.41) is 27.1. The van der Waals surface area contributed by atoms with Crippen LogP contribution in [0.25, 0.3) is 6.08 Å². The van der Waals surface area contributed by atoms with Crippen molar-refractivity contribution in [2.45, 2.75) is 6.18 Å². The summed E-state index contributed by atoms with van der Waals surface area (Å²) >= 11 is 4.53. The molecule has 0 aliphatic heterocycles. The Balaban J connectivity index is 3.46. The Hall–Kier alpha value is -2.27. The van der Waals surface area contributed by atoms with Crippen LogP contribution in [0.2, 0.25) is 0 Å². The number of hydrogen-bond donors (Lipinski definition) is 3. The van der Waals surface area contributed by atoms with Crippen molar-refractivity contribution in [1.29, 1.82) is 5.26 Å². The summed E-state index contributed by atoms with van der Waals surface area (Å²) < 4.78 is 37.7. The minimum atomic E-state index is -4.85. The summed E-state index contributed by atoms with van der Waals surface area (Å²) in [6.45, 7) is 0. The zero-order valence-corrected chi connectivity index (χ0v) is 10.0. The van der Waals surface area contributed by atoms with Gasteiger partial charge in [0.15, 0.2) is 11.5 Å². The maximum absolute atomic E-state index is 12.6. The van der Waals surface area contributed by atoms with Gasteiger partial charge in [0.25, 0.3) is 0 Å². The molecule has 0 atom stereocenters. The van der Waals surface area contributed by atoms with E-state index >= 15 is 0 Å². The van der Waals surface area contributed by atoms with Gasteiger partial charge in [-0.25, -0.2) is 0 Å². The normalized spacial score (nSPS) is 12.0. The number of phenolic OH excluding ortho intramolecular Hbond substituents is 2. The molecule has 4 N–H and O–H groups in total. The van der Waals surface area contributed by atoms with Crippen molar-refractivity contribution in [1.82, 2.24) is 0 Å². The number of nitrogens with two attached hydrogens (primary N) is 1. The van der Waals surface area contributed by atoms with Gasteiger partial charge in [0.2, 0.25) is 0 Å². The van der Waals surface area contributed by atoms with Gasteiger partial charge in [0.1, 0.15) is 16.6 Å². The highest BCUT2D eigenvalue weighted by molar-refractivity contribution is 7.80. The SMILES string of the molecule is N#C/C(=C\c1cc(O)c(O)c(C(F)(F)F)c1)C(N)=S. The molecule has 1 aromatic carbocycles. The monoisotopic (exact) mass is 288 g/mol. The first-order valence-electron chi connectivity index (χ1n) is 4.71. The Morgan fingerprint density at radius 3 is 2.37 bits per heavy atom. The minimum Gasteiger partial charge on any atom is -0.504 e. The molecule has 8 heteroatoms. The van der Waals surface area contributed by atoms with Crippen LogP contribution < -0.4 is 5.73 Å². The maximum Gasteiger partial charge on any atom is 0.420 e. The number of aromatic hydroxyl groups is 2. The molecule has 0 saturated heterocycles. The number of hydrogen-bond acceptors (Lipinski definition) is 4. The molecule has 0 spiro atoms. The van der Waals surface area contributed by atoms with Gasteiger partial charge in [-0.15, -0.1) is 0 Å². The molecule has 0 heterocycles. The zero-order chi connectivity index (χ0) is 14.8. The topological polar surface area (TPSA) is 90.3 Å². The van der Waals surface area contributed by atoms with Crippen molar-refractivity contribution in [3.05, 3.63) is 28.8 Å². The lowest BCUT2D eigenvalue weighted by atomic mass is 10.1. The Morgan fingerprint density at radius 1 is 1.37 bits per heavy atom. The smallest absolute Gasteiger partial charge is 0.420 e. The van der Waals surface area contributed by atoms with E-state index < -0.39 is 23.2 Å². The number of nitrogens with zero attached hydrogens (tertiary/aromatic N) is 1. The van der Waals surface area contributed by atoms with E-state index in [1.807, 2.05) is 0 Å². The standard InChI is InChI=1S/C11H7F3N2O2S/c12-11(13,14)7-2-5(3-8(17)9(7)18)1-6(4-15)10(16)19/h1-3,17-18H,(H2,16,19)/b6-1+. The number of thiocarbonyl (C=S) groups is 1. The predicted octanol–water partition coefficient (Wildman–Crippen LogP) is 2.31. The average molecular weight is 288 g/mol. The number of rotatable bonds is 2. The highest BCUT2D eigenvalue weighted by atomic mass is 32.1. The summed E-state index contributed by atoms with van der Waals surface area (Å²) in [5.41, 5.74) is 3.40. The fourth-order valence-corrected chi connectivity index (χ4v) is 1.37. The van der Waals surface area contributed by atoms with Crippen molar-refractivity contribution in [2.75, 3.05) is 0 Å². The number of benzene rings is 1. The Bertz CT molecular complexity index is 603. The molecule has 0 unspecified atom stereocenters. The van der Waals surface area contributed by atoms with Gasteiger partial charge in [0, 0.05) is 0 Å². The van der Waals surface area contributed by atoms with E-state index in [2.05, 4.69) is 12.2 Å². The van der Waals surface area contributed by atoms with Gasteiger partial charge < -0.3 is 15.9 Å². The van der Waals surface area contributed by atoms with Crippen LogP contribution in [0.5, 0.6) is 11.5 Å². The lowest BCUT2D eigenvalue weighted by Gasteiger charge is -2.11. The summed E-state index contributed by atoms with van der Waals surface area (Å²) in [6, 6.07) is 3.05. The van der Waals surface area contributed by atoms with Crippen LogP contribution in [0.15, 0.2) is 17.7 Å². The lowest BCUT2D eigenvalue weighted by Crippen LogP contribution is -2.10. The first-order chi connectivity index (χ1) is 8.66. The largest absolute Gasteiger partial charge is 0.504 e. The zero-order valence-electron chi connectivity index (χ0n) is 9.19. The van der Waals surface area contributed by atoms with E-state index in [-0.39, 0.29) is 16.1 Å². The van der Waals surface area contributed by atoms with Gasteiger partial charge in [0.05, 0.1) is 5.57 Å². The third-order valence-corrected chi connectivity index (χ3v) is 2.33. The molecular formula is C11H7F3N2O2S. The predicted molar refractivity (Wildman–Crippen MR) is 65.1 cm³/mol. The third kappa shape index (κ3) is 3.35. The summed E-state index contributed by atoms with van der Waals surface area (Å²) in [5.74, 6) is -2.24. The Morgan fingerprint density at radius 2 is 1.95 bits per heavy atom. The number of halogens is 3. The van der Waals surface area contributed by atoms with E-state index in [1.165, 1.54) is 0 Å². The first-order valence-corrected chi connectivity index (χ1v) is 5.12. The Kier molecular flexibility index (Phi) is 4.01. The summed E-state index contributed by atoms with van der Waals surface area (Å²) in [4.78, 5) is -0.288. The van der Waals surface area contributed by atoms with Crippen molar-refractivity contribution >= 4 is 23.3 Å². The fourth-order valence-electron chi connectivity index (χ4n) is 1.27. The van der Waals surface area contributed by atoms with Crippen LogP contribution in [-0.2, 0) is 6.18 Å². The van der Waals surface area contributed by atoms with Crippen LogP contribution in [0, 0.1) is 11.3 Å². The fraction of sp³-hybridized carbons (Fsp3) is 0.0909. The average Bonchev–Trinajstić information content (AvgIpc) is 2.28. The Labute approximate surface area is 111 Å². The first kappa shape index (κ1) is 14.8. The number of nitriles is 1. The van der Waals surface area contributed by atoms with E-state index in [4.69, 9.17) is 16.1 Å². The summed E-state index contributed by atoms with van der Waals surface area (Å²) in [7, 11) is 0. The molecule has 0 aliphatic rings. The maximum atomic E-state index is 12.6. The van der Waals surface area contributed by atoms with Gasteiger partial charge in [-0.1, -0.05) is 12.2 Å².